The second kappa shape index (κ2) is 6.14. The van der Waals surface area contributed by atoms with Gasteiger partial charge in [-0.25, -0.2) is 0 Å². The van der Waals surface area contributed by atoms with E-state index in [0.717, 1.165) is 22.6 Å². The second-order valence-electron chi connectivity index (χ2n) is 4.76. The topological polar surface area (TPSA) is 30.5 Å². The Morgan fingerprint density at radius 3 is 2.33 bits per heavy atom. The molecule has 3 rings (SSSR count). The lowest BCUT2D eigenvalue weighted by Crippen LogP contribution is -2.20. The van der Waals surface area contributed by atoms with Crippen LogP contribution in [0.4, 0.5) is 0 Å². The molecule has 0 aromatic heterocycles. The van der Waals surface area contributed by atoms with Gasteiger partial charge in [0.1, 0.15) is 13.2 Å². The predicted octanol–water partition coefficient (Wildman–Crippen LogP) is 4.07. The van der Waals surface area contributed by atoms with E-state index in [1.807, 2.05) is 43.4 Å². The first-order chi connectivity index (χ1) is 10.2. The molecule has 1 unspecified atom stereocenters. The molecular formula is C16H15Cl2NO2. The van der Waals surface area contributed by atoms with Crippen LogP contribution in [-0.4, -0.2) is 20.3 Å². The van der Waals surface area contributed by atoms with Crippen LogP contribution >= 0.6 is 23.2 Å². The summed E-state index contributed by atoms with van der Waals surface area (Å²) in [6, 6.07) is 11.3. The van der Waals surface area contributed by atoms with Crippen molar-refractivity contribution in [3.8, 4) is 11.5 Å². The third-order valence-electron chi connectivity index (χ3n) is 3.48. The monoisotopic (exact) mass is 323 g/mol. The summed E-state index contributed by atoms with van der Waals surface area (Å²) < 4.78 is 11.2. The molecule has 3 nitrogen and oxygen atoms in total. The molecule has 0 bridgehead atoms. The van der Waals surface area contributed by atoms with Crippen LogP contribution in [-0.2, 0) is 0 Å². The van der Waals surface area contributed by atoms with Crippen LogP contribution in [0.3, 0.4) is 0 Å². The summed E-state index contributed by atoms with van der Waals surface area (Å²) >= 11 is 12.6. The zero-order valence-corrected chi connectivity index (χ0v) is 13.0. The molecule has 1 N–H and O–H groups in total. The number of hydrogen-bond donors (Lipinski definition) is 1. The summed E-state index contributed by atoms with van der Waals surface area (Å²) in [5.41, 5.74) is 1.89. The fourth-order valence-electron chi connectivity index (χ4n) is 2.50. The van der Waals surface area contributed by atoms with Crippen molar-refractivity contribution in [2.75, 3.05) is 20.3 Å². The van der Waals surface area contributed by atoms with E-state index in [1.165, 1.54) is 0 Å². The highest BCUT2D eigenvalue weighted by Crippen LogP contribution is 2.38. The maximum Gasteiger partial charge on any atom is 0.161 e. The highest BCUT2D eigenvalue weighted by molar-refractivity contribution is 6.36. The number of rotatable bonds is 3. The smallest absolute Gasteiger partial charge is 0.161 e. The van der Waals surface area contributed by atoms with Crippen LogP contribution in [0.15, 0.2) is 36.4 Å². The molecule has 110 valence electrons. The van der Waals surface area contributed by atoms with Crippen molar-refractivity contribution >= 4 is 23.2 Å². The van der Waals surface area contributed by atoms with Crippen LogP contribution in [0.5, 0.6) is 11.5 Å². The highest BCUT2D eigenvalue weighted by Gasteiger charge is 2.21. The van der Waals surface area contributed by atoms with Gasteiger partial charge in [0, 0.05) is 15.6 Å². The average Bonchev–Trinajstić information content (AvgIpc) is 2.50. The van der Waals surface area contributed by atoms with E-state index in [1.54, 1.807) is 0 Å². The summed E-state index contributed by atoms with van der Waals surface area (Å²) in [6.45, 7) is 1.14. The fourth-order valence-corrected chi connectivity index (χ4v) is 3.12. The van der Waals surface area contributed by atoms with Gasteiger partial charge < -0.3 is 14.8 Å². The van der Waals surface area contributed by atoms with Crippen LogP contribution in [0.25, 0.3) is 0 Å². The van der Waals surface area contributed by atoms with Gasteiger partial charge in [-0.1, -0.05) is 35.3 Å². The Hall–Kier alpha value is -1.42. The van der Waals surface area contributed by atoms with Gasteiger partial charge >= 0.3 is 0 Å². The minimum atomic E-state index is -0.109. The number of fused-ring (bicyclic) bond motifs is 1. The SMILES string of the molecule is CNC(c1ccc2c(c1)OCCO2)c1c(Cl)cccc1Cl. The molecule has 1 heterocycles. The minimum absolute atomic E-state index is 0.109. The normalized spacial score (nSPS) is 14.8. The lowest BCUT2D eigenvalue weighted by molar-refractivity contribution is 0.171. The second-order valence-corrected chi connectivity index (χ2v) is 5.57. The van der Waals surface area contributed by atoms with E-state index in [4.69, 9.17) is 32.7 Å². The summed E-state index contributed by atoms with van der Waals surface area (Å²) in [6.07, 6.45) is 0. The third kappa shape index (κ3) is 2.82. The Bertz CT molecular complexity index is 640. The van der Waals surface area contributed by atoms with E-state index in [0.29, 0.717) is 23.3 Å². The van der Waals surface area contributed by atoms with E-state index in [-0.39, 0.29) is 6.04 Å². The van der Waals surface area contributed by atoms with Crippen molar-refractivity contribution in [1.29, 1.82) is 0 Å². The number of halogens is 2. The molecule has 5 heteroatoms. The number of hydrogen-bond acceptors (Lipinski definition) is 3. The van der Waals surface area contributed by atoms with Crippen LogP contribution in [0, 0.1) is 0 Å². The zero-order valence-electron chi connectivity index (χ0n) is 11.5. The van der Waals surface area contributed by atoms with Crippen molar-refractivity contribution in [1.82, 2.24) is 5.32 Å². The van der Waals surface area contributed by atoms with Crippen molar-refractivity contribution in [3.05, 3.63) is 57.6 Å². The standard InChI is InChI=1S/C16H15Cl2NO2/c1-19-16(15-11(17)3-2-4-12(15)18)10-5-6-13-14(9-10)21-8-7-20-13/h2-6,9,16,19H,7-8H2,1H3. The van der Waals surface area contributed by atoms with Gasteiger partial charge in [-0.3, -0.25) is 0 Å². The fraction of sp³-hybridized carbons (Fsp3) is 0.250. The zero-order chi connectivity index (χ0) is 14.8. The molecule has 0 spiro atoms. The number of nitrogens with one attached hydrogen (secondary N) is 1. The Labute approximate surface area is 133 Å². The van der Waals surface area contributed by atoms with Crippen molar-refractivity contribution in [2.45, 2.75) is 6.04 Å². The molecular weight excluding hydrogens is 309 g/mol. The quantitative estimate of drug-likeness (QED) is 0.923. The maximum atomic E-state index is 6.32. The summed E-state index contributed by atoms with van der Waals surface area (Å²) in [7, 11) is 1.88. The molecule has 0 saturated carbocycles. The van der Waals surface area contributed by atoms with E-state index in [2.05, 4.69) is 5.32 Å². The van der Waals surface area contributed by atoms with Gasteiger partial charge in [-0.2, -0.15) is 0 Å². The number of benzene rings is 2. The van der Waals surface area contributed by atoms with E-state index in [9.17, 15) is 0 Å². The van der Waals surface area contributed by atoms with Crippen LogP contribution in [0.1, 0.15) is 17.2 Å². The number of ether oxygens (including phenoxy) is 2. The summed E-state index contributed by atoms with van der Waals surface area (Å²) in [4.78, 5) is 0. The maximum absolute atomic E-state index is 6.32. The Balaban J connectivity index is 2.04. The molecule has 1 aliphatic heterocycles. The van der Waals surface area contributed by atoms with E-state index < -0.39 is 0 Å². The molecule has 0 amide bonds. The summed E-state index contributed by atoms with van der Waals surface area (Å²) in [5.74, 6) is 1.52. The molecule has 0 aliphatic carbocycles. The van der Waals surface area contributed by atoms with Crippen LogP contribution < -0.4 is 14.8 Å². The Morgan fingerprint density at radius 1 is 1.00 bits per heavy atom. The molecule has 1 aliphatic rings. The van der Waals surface area contributed by atoms with Gasteiger partial charge in [0.25, 0.3) is 0 Å². The first kappa shape index (κ1) is 14.5. The van der Waals surface area contributed by atoms with Crippen molar-refractivity contribution in [3.63, 3.8) is 0 Å². The highest BCUT2D eigenvalue weighted by atomic mass is 35.5. The third-order valence-corrected chi connectivity index (χ3v) is 4.14. The van der Waals surface area contributed by atoms with Crippen LogP contribution in [0.2, 0.25) is 10.0 Å². The van der Waals surface area contributed by atoms with Crippen molar-refractivity contribution < 1.29 is 9.47 Å². The summed E-state index contributed by atoms with van der Waals surface area (Å²) in [5, 5.41) is 4.53. The molecule has 2 aromatic rings. The molecule has 0 fully saturated rings. The van der Waals surface area contributed by atoms with Gasteiger partial charge in [0.05, 0.1) is 6.04 Å². The predicted molar refractivity (Wildman–Crippen MR) is 84.8 cm³/mol. The first-order valence-corrected chi connectivity index (χ1v) is 7.47. The van der Waals surface area contributed by atoms with E-state index >= 15 is 0 Å². The lowest BCUT2D eigenvalue weighted by Gasteiger charge is -2.23. The molecule has 0 radical (unpaired) electrons. The Kier molecular flexibility index (Phi) is 4.24. The lowest BCUT2D eigenvalue weighted by atomic mass is 9.98. The Morgan fingerprint density at radius 2 is 1.67 bits per heavy atom. The molecule has 21 heavy (non-hydrogen) atoms. The van der Waals surface area contributed by atoms with Gasteiger partial charge in [-0.05, 0) is 36.9 Å². The minimum Gasteiger partial charge on any atom is -0.486 e. The van der Waals surface area contributed by atoms with Gasteiger partial charge in [0.2, 0.25) is 0 Å². The molecule has 2 aromatic carbocycles. The van der Waals surface area contributed by atoms with Crippen molar-refractivity contribution in [2.24, 2.45) is 0 Å². The molecule has 1 atom stereocenters. The average molecular weight is 324 g/mol. The first-order valence-electron chi connectivity index (χ1n) is 6.71. The molecule has 0 saturated heterocycles. The van der Waals surface area contributed by atoms with Gasteiger partial charge in [-0.15, -0.1) is 0 Å². The van der Waals surface area contributed by atoms with Gasteiger partial charge in [0.15, 0.2) is 11.5 Å². The largest absolute Gasteiger partial charge is 0.486 e.